The number of hydrogen-bond acceptors (Lipinski definition) is 6. The molecule has 0 saturated heterocycles. The van der Waals surface area contributed by atoms with E-state index in [0.717, 1.165) is 16.6 Å². The van der Waals surface area contributed by atoms with Gasteiger partial charge in [0, 0.05) is 35.2 Å². The third-order valence-corrected chi connectivity index (χ3v) is 4.81. The summed E-state index contributed by atoms with van der Waals surface area (Å²) in [6.45, 7) is 1.83. The van der Waals surface area contributed by atoms with Gasteiger partial charge in [0.15, 0.2) is 5.82 Å². The first-order valence-electron chi connectivity index (χ1n) is 10.0. The first kappa shape index (κ1) is 19.4. The molecular weight excluding hydrogens is 402 g/mol. The fraction of sp³-hybridized carbons (Fsp3) is 0.0417. The molecule has 8 heteroatoms. The van der Waals surface area contributed by atoms with Crippen LogP contribution in [0.25, 0.3) is 16.7 Å². The average Bonchev–Trinajstić information content (AvgIpc) is 3.35. The Balaban J connectivity index is 1.29. The van der Waals surface area contributed by atoms with Gasteiger partial charge in [0.2, 0.25) is 0 Å². The van der Waals surface area contributed by atoms with E-state index in [4.69, 9.17) is 0 Å². The minimum Gasteiger partial charge on any atom is -0.340 e. The zero-order valence-corrected chi connectivity index (χ0v) is 17.2. The molecule has 32 heavy (non-hydrogen) atoms. The van der Waals surface area contributed by atoms with Gasteiger partial charge in [-0.2, -0.15) is 5.10 Å². The van der Waals surface area contributed by atoms with Gasteiger partial charge in [0.05, 0.1) is 5.52 Å². The fourth-order valence-corrected chi connectivity index (χ4v) is 3.31. The smallest absolute Gasteiger partial charge is 0.274 e. The first-order valence-corrected chi connectivity index (χ1v) is 10.0. The lowest BCUT2D eigenvalue weighted by Crippen LogP contribution is -2.13. The van der Waals surface area contributed by atoms with Crippen LogP contribution in [-0.4, -0.2) is 30.6 Å². The Bertz CT molecular complexity index is 1400. The number of carbonyl (C=O) groups is 1. The minimum absolute atomic E-state index is 0.258. The van der Waals surface area contributed by atoms with E-state index >= 15 is 0 Å². The largest absolute Gasteiger partial charge is 0.340 e. The molecule has 0 aliphatic carbocycles. The Labute approximate surface area is 184 Å². The number of nitrogens with zero attached hydrogens (tertiary/aromatic N) is 5. The zero-order valence-electron chi connectivity index (χ0n) is 17.2. The van der Waals surface area contributed by atoms with Crippen molar-refractivity contribution < 1.29 is 4.79 Å². The normalized spacial score (nSPS) is 10.8. The predicted octanol–water partition coefficient (Wildman–Crippen LogP) is 4.51. The molecule has 3 heterocycles. The number of pyridine rings is 1. The van der Waals surface area contributed by atoms with Gasteiger partial charge in [-0.3, -0.25) is 4.79 Å². The molecule has 0 fully saturated rings. The topological polar surface area (TPSA) is 97.6 Å². The standard InChI is InChI=1S/C24H19N7O/c1-16-26-22(15-23(27-16)31-14-4-13-25-31)28-18-8-10-19(11-9-18)29-24(32)21-12-7-17-5-2-3-6-20(17)30-21/h2-15H,1H3,(H,29,32)(H,26,27,28). The maximum Gasteiger partial charge on any atom is 0.274 e. The van der Waals surface area contributed by atoms with Crippen LogP contribution in [0, 0.1) is 6.92 Å². The highest BCUT2D eigenvalue weighted by Gasteiger charge is 2.09. The molecule has 0 spiro atoms. The summed E-state index contributed by atoms with van der Waals surface area (Å²) < 4.78 is 1.68. The zero-order chi connectivity index (χ0) is 21.9. The van der Waals surface area contributed by atoms with Crippen molar-refractivity contribution in [3.05, 3.63) is 96.7 Å². The summed E-state index contributed by atoms with van der Waals surface area (Å²) in [6.07, 6.45) is 3.53. The Morgan fingerprint density at radius 3 is 2.50 bits per heavy atom. The second-order valence-electron chi connectivity index (χ2n) is 7.15. The van der Waals surface area contributed by atoms with Gasteiger partial charge in [-0.05, 0) is 49.4 Å². The van der Waals surface area contributed by atoms with Gasteiger partial charge >= 0.3 is 0 Å². The number of aromatic nitrogens is 5. The summed E-state index contributed by atoms with van der Waals surface area (Å²) in [4.78, 5) is 25.9. The van der Waals surface area contributed by atoms with Crippen molar-refractivity contribution in [3.63, 3.8) is 0 Å². The summed E-state index contributed by atoms with van der Waals surface area (Å²) in [5, 5.41) is 11.4. The Morgan fingerprint density at radius 1 is 0.875 bits per heavy atom. The number of aryl methyl sites for hydroxylation is 1. The fourth-order valence-electron chi connectivity index (χ4n) is 3.31. The lowest BCUT2D eigenvalue weighted by Gasteiger charge is -2.10. The van der Waals surface area contributed by atoms with Crippen LogP contribution >= 0.6 is 0 Å². The van der Waals surface area contributed by atoms with Crippen LogP contribution in [0.3, 0.4) is 0 Å². The maximum atomic E-state index is 12.6. The SMILES string of the molecule is Cc1nc(Nc2ccc(NC(=O)c3ccc4ccccc4n3)cc2)cc(-n2cccn2)n1. The molecule has 0 unspecified atom stereocenters. The van der Waals surface area contributed by atoms with Crippen molar-refractivity contribution in [1.82, 2.24) is 24.7 Å². The minimum atomic E-state index is -0.258. The average molecular weight is 421 g/mol. The number of para-hydroxylation sites is 1. The third kappa shape index (κ3) is 4.15. The molecule has 0 bridgehead atoms. The van der Waals surface area contributed by atoms with Gasteiger partial charge in [-0.1, -0.05) is 24.3 Å². The molecular formula is C24H19N7O. The summed E-state index contributed by atoms with van der Waals surface area (Å²) in [5.41, 5.74) is 2.66. The van der Waals surface area contributed by atoms with Crippen LogP contribution in [0.4, 0.5) is 17.2 Å². The van der Waals surface area contributed by atoms with Crippen LogP contribution in [0.5, 0.6) is 0 Å². The summed E-state index contributed by atoms with van der Waals surface area (Å²) >= 11 is 0. The van der Waals surface area contributed by atoms with E-state index in [1.54, 1.807) is 16.9 Å². The van der Waals surface area contributed by atoms with Crippen LogP contribution in [-0.2, 0) is 0 Å². The number of rotatable bonds is 5. The van der Waals surface area contributed by atoms with Crippen LogP contribution in [0.1, 0.15) is 16.3 Å². The number of fused-ring (bicyclic) bond motifs is 1. The van der Waals surface area contributed by atoms with E-state index in [-0.39, 0.29) is 5.91 Å². The molecule has 156 valence electrons. The summed E-state index contributed by atoms with van der Waals surface area (Å²) in [5.74, 6) is 1.70. The van der Waals surface area contributed by atoms with Crippen molar-refractivity contribution in [3.8, 4) is 5.82 Å². The molecule has 0 aliphatic heterocycles. The molecule has 3 aromatic heterocycles. The van der Waals surface area contributed by atoms with Crippen LogP contribution in [0.15, 0.2) is 85.2 Å². The predicted molar refractivity (Wildman–Crippen MR) is 123 cm³/mol. The highest BCUT2D eigenvalue weighted by Crippen LogP contribution is 2.20. The van der Waals surface area contributed by atoms with E-state index < -0.39 is 0 Å². The monoisotopic (exact) mass is 421 g/mol. The lowest BCUT2D eigenvalue weighted by molar-refractivity contribution is 0.102. The molecule has 0 aliphatic rings. The van der Waals surface area contributed by atoms with E-state index in [0.29, 0.717) is 28.8 Å². The van der Waals surface area contributed by atoms with Crippen LogP contribution in [0.2, 0.25) is 0 Å². The quantitative estimate of drug-likeness (QED) is 0.433. The summed E-state index contributed by atoms with van der Waals surface area (Å²) in [7, 11) is 0. The summed E-state index contributed by atoms with van der Waals surface area (Å²) in [6, 6.07) is 22.4. The number of anilines is 3. The molecule has 0 saturated carbocycles. The molecule has 5 rings (SSSR count). The van der Waals surface area contributed by atoms with Crippen molar-refractivity contribution >= 4 is 34.0 Å². The van der Waals surface area contributed by atoms with E-state index in [1.807, 2.05) is 79.9 Å². The van der Waals surface area contributed by atoms with Crippen molar-refractivity contribution in [2.24, 2.45) is 0 Å². The van der Waals surface area contributed by atoms with Gasteiger partial charge < -0.3 is 10.6 Å². The molecule has 5 aromatic rings. The maximum absolute atomic E-state index is 12.6. The first-order chi connectivity index (χ1) is 15.6. The Morgan fingerprint density at radius 2 is 1.69 bits per heavy atom. The van der Waals surface area contributed by atoms with E-state index in [1.165, 1.54) is 0 Å². The van der Waals surface area contributed by atoms with Gasteiger partial charge in [0.1, 0.15) is 17.3 Å². The highest BCUT2D eigenvalue weighted by molar-refractivity contribution is 6.04. The van der Waals surface area contributed by atoms with E-state index in [2.05, 4.69) is 30.7 Å². The second-order valence-corrected chi connectivity index (χ2v) is 7.15. The Hall–Kier alpha value is -4.59. The lowest BCUT2D eigenvalue weighted by atomic mass is 10.2. The molecule has 2 aromatic carbocycles. The number of carbonyl (C=O) groups excluding carboxylic acids is 1. The Kier molecular flexibility index (Phi) is 5.01. The molecule has 8 nitrogen and oxygen atoms in total. The van der Waals surface area contributed by atoms with Gasteiger partial charge in [-0.15, -0.1) is 0 Å². The van der Waals surface area contributed by atoms with Crippen molar-refractivity contribution in [2.45, 2.75) is 6.92 Å². The van der Waals surface area contributed by atoms with Crippen molar-refractivity contribution in [1.29, 1.82) is 0 Å². The number of hydrogen-bond donors (Lipinski definition) is 2. The number of benzene rings is 2. The molecule has 0 radical (unpaired) electrons. The number of amides is 1. The van der Waals surface area contributed by atoms with Crippen LogP contribution < -0.4 is 10.6 Å². The molecule has 2 N–H and O–H groups in total. The van der Waals surface area contributed by atoms with Gasteiger partial charge in [0.25, 0.3) is 5.91 Å². The second kappa shape index (κ2) is 8.27. The number of nitrogens with one attached hydrogen (secondary N) is 2. The molecule has 0 atom stereocenters. The third-order valence-electron chi connectivity index (χ3n) is 4.81. The van der Waals surface area contributed by atoms with E-state index in [9.17, 15) is 4.79 Å². The molecule has 1 amide bonds. The van der Waals surface area contributed by atoms with Gasteiger partial charge in [-0.25, -0.2) is 19.6 Å². The van der Waals surface area contributed by atoms with Crippen molar-refractivity contribution in [2.75, 3.05) is 10.6 Å². The highest BCUT2D eigenvalue weighted by atomic mass is 16.1.